The lowest BCUT2D eigenvalue weighted by Gasteiger charge is -2.24. The van der Waals surface area contributed by atoms with Crippen LogP contribution in [0.15, 0.2) is 48.7 Å². The lowest BCUT2D eigenvalue weighted by Crippen LogP contribution is -2.12. The first-order chi connectivity index (χ1) is 9.43. The zero-order valence-corrected chi connectivity index (χ0v) is 10.8. The van der Waals surface area contributed by atoms with Gasteiger partial charge >= 0.3 is 0 Å². The van der Waals surface area contributed by atoms with E-state index < -0.39 is 0 Å². The molecule has 98 valence electrons. The fourth-order valence-corrected chi connectivity index (χ4v) is 2.32. The second kappa shape index (κ2) is 5.85. The Balaban J connectivity index is 1.84. The van der Waals surface area contributed by atoms with Crippen molar-refractivity contribution in [1.29, 1.82) is 0 Å². The molecule has 0 saturated carbocycles. The molecule has 0 amide bonds. The largest absolute Gasteiger partial charge is 0.439 e. The number of hydrogen-bond acceptors (Lipinski definition) is 3. The molecule has 19 heavy (non-hydrogen) atoms. The summed E-state index contributed by atoms with van der Waals surface area (Å²) in [6, 6.07) is 13.7. The molecule has 0 bridgehead atoms. The minimum Gasteiger partial charge on any atom is -0.439 e. The molecule has 0 N–H and O–H groups in total. The summed E-state index contributed by atoms with van der Waals surface area (Å²) in [5, 5.41) is 0. The van der Waals surface area contributed by atoms with E-state index in [9.17, 15) is 0 Å². The fourth-order valence-electron chi connectivity index (χ4n) is 2.32. The van der Waals surface area contributed by atoms with Crippen molar-refractivity contribution in [1.82, 2.24) is 4.98 Å². The van der Waals surface area contributed by atoms with Gasteiger partial charge < -0.3 is 9.47 Å². The zero-order chi connectivity index (χ0) is 12.9. The topological polar surface area (TPSA) is 31.4 Å². The Morgan fingerprint density at radius 2 is 1.95 bits per heavy atom. The van der Waals surface area contributed by atoms with Gasteiger partial charge in [0, 0.05) is 18.4 Å². The highest BCUT2D eigenvalue weighted by Crippen LogP contribution is 2.34. The lowest BCUT2D eigenvalue weighted by atomic mass is 10.0. The average molecular weight is 255 g/mol. The Morgan fingerprint density at radius 1 is 1.05 bits per heavy atom. The van der Waals surface area contributed by atoms with Gasteiger partial charge in [0.1, 0.15) is 5.75 Å². The molecule has 1 aliphatic heterocycles. The molecule has 3 heteroatoms. The molecule has 1 aromatic heterocycles. The third-order valence-electron chi connectivity index (χ3n) is 3.28. The Bertz CT molecular complexity index is 521. The second-order valence-corrected chi connectivity index (χ2v) is 4.67. The van der Waals surface area contributed by atoms with Crippen molar-refractivity contribution in [3.8, 4) is 11.6 Å². The summed E-state index contributed by atoms with van der Waals surface area (Å²) in [4.78, 5) is 4.35. The normalized spacial score (nSPS) is 19.1. The molecular formula is C16H17NO2. The average Bonchev–Trinajstić information content (AvgIpc) is 2.50. The van der Waals surface area contributed by atoms with Crippen LogP contribution in [-0.2, 0) is 4.74 Å². The van der Waals surface area contributed by atoms with Gasteiger partial charge in [0.15, 0.2) is 0 Å². The highest BCUT2D eigenvalue weighted by Gasteiger charge is 2.20. The SMILES string of the molecule is c1ccc(Oc2ncccc2C2CCCCO2)cc1. The summed E-state index contributed by atoms with van der Waals surface area (Å²) < 4.78 is 11.7. The summed E-state index contributed by atoms with van der Waals surface area (Å²) in [6.45, 7) is 0.824. The summed E-state index contributed by atoms with van der Waals surface area (Å²) in [5.41, 5.74) is 1.05. The van der Waals surface area contributed by atoms with E-state index in [-0.39, 0.29) is 6.10 Å². The van der Waals surface area contributed by atoms with Gasteiger partial charge in [0.2, 0.25) is 5.88 Å². The van der Waals surface area contributed by atoms with E-state index in [1.54, 1.807) is 6.20 Å². The number of hydrogen-bond donors (Lipinski definition) is 0. The summed E-state index contributed by atoms with van der Waals surface area (Å²) in [7, 11) is 0. The van der Waals surface area contributed by atoms with Crippen LogP contribution < -0.4 is 4.74 Å². The Labute approximate surface area is 113 Å². The number of para-hydroxylation sites is 1. The molecule has 0 aliphatic carbocycles. The zero-order valence-electron chi connectivity index (χ0n) is 10.8. The highest BCUT2D eigenvalue weighted by atomic mass is 16.5. The van der Waals surface area contributed by atoms with E-state index in [1.807, 2.05) is 42.5 Å². The van der Waals surface area contributed by atoms with Gasteiger partial charge in [-0.05, 0) is 43.5 Å². The number of pyridine rings is 1. The van der Waals surface area contributed by atoms with Crippen LogP contribution in [0, 0.1) is 0 Å². The Kier molecular flexibility index (Phi) is 3.75. The third-order valence-corrected chi connectivity index (χ3v) is 3.28. The molecule has 0 radical (unpaired) electrons. The predicted octanol–water partition coefficient (Wildman–Crippen LogP) is 4.12. The van der Waals surface area contributed by atoms with E-state index >= 15 is 0 Å². The Morgan fingerprint density at radius 3 is 2.74 bits per heavy atom. The smallest absolute Gasteiger partial charge is 0.225 e. The van der Waals surface area contributed by atoms with Crippen LogP contribution in [0.1, 0.15) is 30.9 Å². The molecule has 3 rings (SSSR count). The molecule has 1 fully saturated rings. The molecule has 1 unspecified atom stereocenters. The van der Waals surface area contributed by atoms with Gasteiger partial charge in [0.05, 0.1) is 6.10 Å². The van der Waals surface area contributed by atoms with E-state index in [1.165, 1.54) is 6.42 Å². The van der Waals surface area contributed by atoms with Gasteiger partial charge in [-0.25, -0.2) is 4.98 Å². The first-order valence-electron chi connectivity index (χ1n) is 6.73. The Hall–Kier alpha value is -1.87. The molecule has 1 aromatic carbocycles. The second-order valence-electron chi connectivity index (χ2n) is 4.67. The molecule has 1 saturated heterocycles. The monoisotopic (exact) mass is 255 g/mol. The van der Waals surface area contributed by atoms with Crippen molar-refractivity contribution in [3.05, 3.63) is 54.2 Å². The maximum Gasteiger partial charge on any atom is 0.225 e. The van der Waals surface area contributed by atoms with Gasteiger partial charge in [-0.2, -0.15) is 0 Å². The molecule has 3 nitrogen and oxygen atoms in total. The van der Waals surface area contributed by atoms with Gasteiger partial charge in [-0.1, -0.05) is 18.2 Å². The van der Waals surface area contributed by atoms with E-state index in [0.29, 0.717) is 5.88 Å². The van der Waals surface area contributed by atoms with Crippen molar-refractivity contribution in [3.63, 3.8) is 0 Å². The van der Waals surface area contributed by atoms with Crippen LogP contribution >= 0.6 is 0 Å². The minimum atomic E-state index is 0.112. The standard InChI is InChI=1S/C16H17NO2/c1-2-7-13(8-3-1)19-16-14(9-6-11-17-16)15-10-4-5-12-18-15/h1-3,6-9,11,15H,4-5,10,12H2. The van der Waals surface area contributed by atoms with Gasteiger partial charge in [-0.15, -0.1) is 0 Å². The number of ether oxygens (including phenoxy) is 2. The van der Waals surface area contributed by atoms with Crippen molar-refractivity contribution in [2.75, 3.05) is 6.61 Å². The summed E-state index contributed by atoms with van der Waals surface area (Å²) in [6.07, 6.45) is 5.25. The van der Waals surface area contributed by atoms with Gasteiger partial charge in [0.25, 0.3) is 0 Å². The molecule has 0 spiro atoms. The number of rotatable bonds is 3. The van der Waals surface area contributed by atoms with Crippen LogP contribution in [-0.4, -0.2) is 11.6 Å². The molecule has 2 heterocycles. The third kappa shape index (κ3) is 2.93. The van der Waals surface area contributed by atoms with Crippen molar-refractivity contribution >= 4 is 0 Å². The maximum absolute atomic E-state index is 5.87. The predicted molar refractivity (Wildman–Crippen MR) is 73.3 cm³/mol. The first kappa shape index (κ1) is 12.2. The molecule has 2 aromatic rings. The van der Waals surface area contributed by atoms with Crippen molar-refractivity contribution in [2.24, 2.45) is 0 Å². The number of benzene rings is 1. The van der Waals surface area contributed by atoms with Crippen molar-refractivity contribution < 1.29 is 9.47 Å². The first-order valence-corrected chi connectivity index (χ1v) is 6.73. The van der Waals surface area contributed by atoms with E-state index in [2.05, 4.69) is 4.98 Å². The summed E-state index contributed by atoms with van der Waals surface area (Å²) >= 11 is 0. The molecular weight excluding hydrogens is 238 g/mol. The highest BCUT2D eigenvalue weighted by molar-refractivity contribution is 5.33. The van der Waals surface area contributed by atoms with Gasteiger partial charge in [-0.3, -0.25) is 0 Å². The van der Waals surface area contributed by atoms with Crippen LogP contribution in [0.3, 0.4) is 0 Å². The number of aromatic nitrogens is 1. The van der Waals surface area contributed by atoms with E-state index in [0.717, 1.165) is 30.8 Å². The minimum absolute atomic E-state index is 0.112. The van der Waals surface area contributed by atoms with E-state index in [4.69, 9.17) is 9.47 Å². The lowest BCUT2D eigenvalue weighted by molar-refractivity contribution is 0.0135. The maximum atomic E-state index is 5.87. The summed E-state index contributed by atoms with van der Waals surface area (Å²) in [5.74, 6) is 1.46. The van der Waals surface area contributed by atoms with Crippen LogP contribution in [0.4, 0.5) is 0 Å². The van der Waals surface area contributed by atoms with Crippen LogP contribution in [0.25, 0.3) is 0 Å². The van der Waals surface area contributed by atoms with Crippen molar-refractivity contribution in [2.45, 2.75) is 25.4 Å². The number of nitrogens with zero attached hydrogens (tertiary/aromatic N) is 1. The van der Waals surface area contributed by atoms with Crippen LogP contribution in [0.2, 0.25) is 0 Å². The van der Waals surface area contributed by atoms with Crippen LogP contribution in [0.5, 0.6) is 11.6 Å². The fraction of sp³-hybridized carbons (Fsp3) is 0.312. The molecule has 1 aliphatic rings. The molecule has 1 atom stereocenters. The quantitative estimate of drug-likeness (QED) is 0.826.